The van der Waals surface area contributed by atoms with Gasteiger partial charge in [0.2, 0.25) is 0 Å². The molecule has 1 fully saturated rings. The molecule has 0 aromatic carbocycles. The van der Waals surface area contributed by atoms with Gasteiger partial charge in [0.25, 0.3) is 0 Å². The Labute approximate surface area is 114 Å². The predicted molar refractivity (Wildman–Crippen MR) is 71.8 cm³/mol. The summed E-state index contributed by atoms with van der Waals surface area (Å²) in [6.45, 7) is 0.988. The van der Waals surface area contributed by atoms with Gasteiger partial charge in [0.1, 0.15) is 0 Å². The summed E-state index contributed by atoms with van der Waals surface area (Å²) in [6, 6.07) is 0. The topological polar surface area (TPSA) is 68.0 Å². The first kappa shape index (κ1) is 14.0. The Balaban J connectivity index is 1.70. The minimum Gasteiger partial charge on any atom is -0.481 e. The van der Waals surface area contributed by atoms with Gasteiger partial charge in [0.15, 0.2) is 0 Å². The lowest BCUT2D eigenvalue weighted by Gasteiger charge is -2.20. The molecule has 1 aliphatic carbocycles. The summed E-state index contributed by atoms with van der Waals surface area (Å²) in [5, 5.41) is 16.9. The fourth-order valence-corrected chi connectivity index (χ4v) is 2.76. The first-order valence-electron chi connectivity index (χ1n) is 7.35. The smallest absolute Gasteiger partial charge is 0.303 e. The molecule has 0 unspecified atom stereocenters. The van der Waals surface area contributed by atoms with Gasteiger partial charge >= 0.3 is 5.97 Å². The number of hydrogen-bond acceptors (Lipinski definition) is 3. The van der Waals surface area contributed by atoms with Crippen molar-refractivity contribution in [2.75, 3.05) is 0 Å². The zero-order valence-electron chi connectivity index (χ0n) is 11.4. The largest absolute Gasteiger partial charge is 0.481 e. The molecule has 1 heterocycles. The molecule has 0 atom stereocenters. The SMILES string of the molecule is O=C(O)CCCCc1cn(CC2CCCCC2)nn1. The number of nitrogens with zero attached hydrogens (tertiary/aromatic N) is 3. The van der Waals surface area contributed by atoms with E-state index < -0.39 is 5.97 Å². The molecule has 19 heavy (non-hydrogen) atoms. The Morgan fingerprint density at radius 1 is 1.32 bits per heavy atom. The van der Waals surface area contributed by atoms with Crippen molar-refractivity contribution >= 4 is 5.97 Å². The molecule has 1 aromatic heterocycles. The van der Waals surface area contributed by atoms with Gasteiger partial charge in [-0.1, -0.05) is 24.5 Å². The van der Waals surface area contributed by atoms with Crippen molar-refractivity contribution in [1.29, 1.82) is 0 Å². The first-order valence-corrected chi connectivity index (χ1v) is 7.35. The van der Waals surface area contributed by atoms with E-state index >= 15 is 0 Å². The summed E-state index contributed by atoms with van der Waals surface area (Å²) in [4.78, 5) is 10.4. The van der Waals surface area contributed by atoms with Gasteiger partial charge in [0, 0.05) is 19.2 Å². The Hall–Kier alpha value is -1.39. The number of carbonyl (C=O) groups is 1. The molecule has 2 rings (SSSR count). The highest BCUT2D eigenvalue weighted by atomic mass is 16.4. The molecule has 1 aromatic rings. The zero-order valence-corrected chi connectivity index (χ0v) is 11.4. The van der Waals surface area contributed by atoms with Crippen LogP contribution >= 0.6 is 0 Å². The summed E-state index contributed by atoms with van der Waals surface area (Å²) < 4.78 is 1.96. The quantitative estimate of drug-likeness (QED) is 0.770. The van der Waals surface area contributed by atoms with Crippen LogP contribution in [0.2, 0.25) is 0 Å². The maximum atomic E-state index is 10.4. The number of aryl methyl sites for hydroxylation is 1. The number of aliphatic carboxylic acids is 1. The molecule has 1 saturated carbocycles. The van der Waals surface area contributed by atoms with Gasteiger partial charge in [0.05, 0.1) is 5.69 Å². The maximum Gasteiger partial charge on any atom is 0.303 e. The van der Waals surface area contributed by atoms with Crippen molar-refractivity contribution in [1.82, 2.24) is 15.0 Å². The van der Waals surface area contributed by atoms with Crippen LogP contribution in [0.25, 0.3) is 0 Å². The highest BCUT2D eigenvalue weighted by molar-refractivity contribution is 5.66. The van der Waals surface area contributed by atoms with Crippen molar-refractivity contribution in [3.05, 3.63) is 11.9 Å². The van der Waals surface area contributed by atoms with Crippen LogP contribution in [0.1, 0.15) is 57.1 Å². The maximum absolute atomic E-state index is 10.4. The molecular weight excluding hydrogens is 242 g/mol. The van der Waals surface area contributed by atoms with Crippen molar-refractivity contribution in [3.8, 4) is 0 Å². The summed E-state index contributed by atoms with van der Waals surface area (Å²) in [6.07, 6.45) is 11.4. The number of unbranched alkanes of at least 4 members (excludes halogenated alkanes) is 1. The Morgan fingerprint density at radius 2 is 2.11 bits per heavy atom. The summed E-state index contributed by atoms with van der Waals surface area (Å²) in [5.41, 5.74) is 0.987. The minimum atomic E-state index is -0.721. The summed E-state index contributed by atoms with van der Waals surface area (Å²) >= 11 is 0. The lowest BCUT2D eigenvalue weighted by molar-refractivity contribution is -0.137. The van der Waals surface area contributed by atoms with E-state index in [1.165, 1.54) is 32.1 Å². The third-order valence-electron chi connectivity index (χ3n) is 3.83. The lowest BCUT2D eigenvalue weighted by Crippen LogP contribution is -2.14. The normalized spacial score (nSPS) is 16.6. The van der Waals surface area contributed by atoms with Crippen LogP contribution < -0.4 is 0 Å². The Bertz CT molecular complexity index is 397. The Morgan fingerprint density at radius 3 is 2.84 bits per heavy atom. The molecule has 0 saturated heterocycles. The van der Waals surface area contributed by atoms with Gasteiger partial charge in [-0.05, 0) is 38.0 Å². The predicted octanol–water partition coefficient (Wildman–Crippen LogP) is 2.66. The number of carboxylic acid groups (broad SMARTS) is 1. The molecule has 1 N–H and O–H groups in total. The molecule has 106 valence electrons. The third-order valence-corrected chi connectivity index (χ3v) is 3.83. The van der Waals surface area contributed by atoms with Crippen LogP contribution in [0.3, 0.4) is 0 Å². The zero-order chi connectivity index (χ0) is 13.5. The van der Waals surface area contributed by atoms with E-state index in [9.17, 15) is 4.79 Å². The van der Waals surface area contributed by atoms with Crippen LogP contribution in [0, 0.1) is 5.92 Å². The van der Waals surface area contributed by atoms with E-state index in [4.69, 9.17) is 5.11 Å². The van der Waals surface area contributed by atoms with Crippen LogP contribution in [0.5, 0.6) is 0 Å². The molecule has 0 spiro atoms. The highest BCUT2D eigenvalue weighted by Gasteiger charge is 2.14. The van der Waals surface area contributed by atoms with Crippen molar-refractivity contribution < 1.29 is 9.90 Å². The monoisotopic (exact) mass is 265 g/mol. The van der Waals surface area contributed by atoms with Gasteiger partial charge in [-0.25, -0.2) is 0 Å². The fourth-order valence-electron chi connectivity index (χ4n) is 2.76. The van der Waals surface area contributed by atoms with E-state index in [-0.39, 0.29) is 6.42 Å². The van der Waals surface area contributed by atoms with Gasteiger partial charge in [-0.2, -0.15) is 0 Å². The van der Waals surface area contributed by atoms with Crippen LogP contribution in [0.15, 0.2) is 6.20 Å². The molecule has 0 aliphatic heterocycles. The molecule has 0 amide bonds. The first-order chi connectivity index (χ1) is 9.24. The van der Waals surface area contributed by atoms with Crippen LogP contribution in [-0.2, 0) is 17.8 Å². The fraction of sp³-hybridized carbons (Fsp3) is 0.786. The second-order valence-electron chi connectivity index (χ2n) is 5.54. The minimum absolute atomic E-state index is 0.246. The number of aromatic nitrogens is 3. The summed E-state index contributed by atoms with van der Waals surface area (Å²) in [5.74, 6) is 0.0382. The van der Waals surface area contributed by atoms with Gasteiger partial charge in [-0.15, -0.1) is 5.10 Å². The Kier molecular flexibility index (Phi) is 5.36. The molecule has 5 heteroatoms. The van der Waals surface area contributed by atoms with E-state index in [0.717, 1.165) is 31.0 Å². The second kappa shape index (κ2) is 7.26. The van der Waals surface area contributed by atoms with Crippen molar-refractivity contribution in [2.45, 2.75) is 64.3 Å². The molecule has 1 aliphatic rings. The van der Waals surface area contributed by atoms with E-state index in [2.05, 4.69) is 10.3 Å². The molecule has 0 radical (unpaired) electrons. The molecule has 5 nitrogen and oxygen atoms in total. The second-order valence-corrected chi connectivity index (χ2v) is 5.54. The third kappa shape index (κ3) is 5.01. The van der Waals surface area contributed by atoms with Crippen LogP contribution in [0.4, 0.5) is 0 Å². The standard InChI is InChI=1S/C14H23N3O2/c18-14(19)9-5-4-8-13-11-17(16-15-13)10-12-6-2-1-3-7-12/h11-12H,1-10H2,(H,18,19). The number of hydrogen-bond donors (Lipinski definition) is 1. The number of carboxylic acids is 1. The number of rotatable bonds is 7. The average molecular weight is 265 g/mol. The van der Waals surface area contributed by atoms with Crippen molar-refractivity contribution in [3.63, 3.8) is 0 Å². The average Bonchev–Trinajstić information content (AvgIpc) is 2.83. The van der Waals surface area contributed by atoms with E-state index in [1.54, 1.807) is 0 Å². The summed E-state index contributed by atoms with van der Waals surface area (Å²) in [7, 11) is 0. The van der Waals surface area contributed by atoms with Crippen molar-refractivity contribution in [2.24, 2.45) is 5.92 Å². The lowest BCUT2D eigenvalue weighted by atomic mass is 9.89. The highest BCUT2D eigenvalue weighted by Crippen LogP contribution is 2.24. The van der Waals surface area contributed by atoms with Gasteiger partial charge < -0.3 is 5.11 Å². The molecular formula is C14H23N3O2. The van der Waals surface area contributed by atoms with E-state index in [1.807, 2.05) is 10.9 Å². The molecule has 0 bridgehead atoms. The van der Waals surface area contributed by atoms with E-state index in [0.29, 0.717) is 6.42 Å². The van der Waals surface area contributed by atoms with Crippen LogP contribution in [-0.4, -0.2) is 26.1 Å². The van der Waals surface area contributed by atoms with Gasteiger partial charge in [-0.3, -0.25) is 9.48 Å².